The highest BCUT2D eigenvalue weighted by Gasteiger charge is 2.48. The van der Waals surface area contributed by atoms with Gasteiger partial charge in [-0.25, -0.2) is 17.6 Å². The summed E-state index contributed by atoms with van der Waals surface area (Å²) in [6, 6.07) is 3.88. The number of hydrogen-bond acceptors (Lipinski definition) is 9. The van der Waals surface area contributed by atoms with E-state index in [4.69, 9.17) is 31.8 Å². The Morgan fingerprint density at radius 3 is 2.82 bits per heavy atom. The molecular weight excluding hydrogens is 680 g/mol. The van der Waals surface area contributed by atoms with Gasteiger partial charge in [-0.15, -0.1) is 11.3 Å². The highest BCUT2D eigenvalue weighted by atomic mass is 35.5. The lowest BCUT2D eigenvalue weighted by molar-refractivity contribution is 0.0536. The van der Waals surface area contributed by atoms with Crippen LogP contribution in [0.1, 0.15) is 57.4 Å². The average molecular weight is 715 g/mol. The molecule has 14 heteroatoms. The van der Waals surface area contributed by atoms with Gasteiger partial charge in [-0.3, -0.25) is 4.90 Å². The van der Waals surface area contributed by atoms with Crippen molar-refractivity contribution in [3.05, 3.63) is 34.4 Å². The van der Waals surface area contributed by atoms with E-state index in [1.807, 2.05) is 11.0 Å². The summed E-state index contributed by atoms with van der Waals surface area (Å²) in [5.41, 5.74) is 5.79. The van der Waals surface area contributed by atoms with Crippen LogP contribution >= 0.6 is 22.9 Å². The molecule has 258 valence electrons. The maximum atomic E-state index is 17.3. The Hall–Kier alpha value is -3.60. The minimum absolute atomic E-state index is 0.0117. The Balaban J connectivity index is 1.37. The normalized spacial score (nSPS) is 25.5. The molecule has 6 heterocycles. The predicted molar refractivity (Wildman–Crippen MR) is 182 cm³/mol. The number of halogens is 5. The van der Waals surface area contributed by atoms with Crippen LogP contribution in [0.25, 0.3) is 32.1 Å². The second kappa shape index (κ2) is 12.3. The Labute approximate surface area is 289 Å². The molecule has 4 aliphatic heterocycles. The zero-order valence-corrected chi connectivity index (χ0v) is 28.4. The number of fused-ring (bicyclic) bond motifs is 4. The smallest absolute Gasteiger partial charge is 0.319 e. The van der Waals surface area contributed by atoms with E-state index in [0.717, 1.165) is 43.7 Å². The van der Waals surface area contributed by atoms with Crippen molar-refractivity contribution in [2.75, 3.05) is 43.5 Å². The monoisotopic (exact) mass is 714 g/mol. The number of anilines is 2. The van der Waals surface area contributed by atoms with Crippen molar-refractivity contribution < 1.29 is 27.0 Å². The number of ether oxygens (including phenoxy) is 2. The summed E-state index contributed by atoms with van der Waals surface area (Å²) in [6.45, 7) is 4.92. The lowest BCUT2D eigenvalue weighted by atomic mass is 9.91. The summed E-state index contributed by atoms with van der Waals surface area (Å²) in [5, 5.41) is 10.2. The molecule has 49 heavy (non-hydrogen) atoms. The van der Waals surface area contributed by atoms with Gasteiger partial charge in [0.2, 0.25) is 6.43 Å². The molecule has 2 aromatic carbocycles. The van der Waals surface area contributed by atoms with Crippen LogP contribution in [0.2, 0.25) is 5.02 Å². The molecule has 0 amide bonds. The van der Waals surface area contributed by atoms with Crippen molar-refractivity contribution in [2.45, 2.75) is 69.9 Å². The van der Waals surface area contributed by atoms with Crippen LogP contribution in [0.5, 0.6) is 11.8 Å². The van der Waals surface area contributed by atoms with E-state index in [1.54, 1.807) is 0 Å². The van der Waals surface area contributed by atoms with Crippen LogP contribution in [-0.4, -0.2) is 65.7 Å². The Bertz CT molecular complexity index is 2020. The number of nitrogens with two attached hydrogens (primary N) is 1. The van der Waals surface area contributed by atoms with Crippen LogP contribution in [0.4, 0.5) is 28.4 Å². The molecule has 0 saturated carbocycles. The highest BCUT2D eigenvalue weighted by Crippen LogP contribution is 2.52. The number of thiophene rings is 1. The molecule has 3 fully saturated rings. The van der Waals surface area contributed by atoms with E-state index in [9.17, 15) is 14.0 Å². The molecule has 8 nitrogen and oxygen atoms in total. The lowest BCUT2D eigenvalue weighted by Gasteiger charge is -2.38. The minimum atomic E-state index is -2.56. The molecule has 2 aromatic heterocycles. The Kier molecular flexibility index (Phi) is 8.19. The second-order valence-corrected chi connectivity index (χ2v) is 15.3. The van der Waals surface area contributed by atoms with Crippen LogP contribution in [0.3, 0.4) is 0 Å². The fourth-order valence-corrected chi connectivity index (χ4v) is 10.2. The number of benzene rings is 2. The first-order valence-corrected chi connectivity index (χ1v) is 18.0. The summed E-state index contributed by atoms with van der Waals surface area (Å²) in [6.07, 6.45) is 2.26. The van der Waals surface area contributed by atoms with Crippen molar-refractivity contribution in [2.24, 2.45) is 11.8 Å². The molecule has 3 saturated heterocycles. The van der Waals surface area contributed by atoms with E-state index < -0.39 is 30.0 Å². The average Bonchev–Trinajstić information content (AvgIpc) is 3.65. The van der Waals surface area contributed by atoms with Crippen LogP contribution in [0.15, 0.2) is 12.1 Å². The first kappa shape index (κ1) is 32.6. The first-order chi connectivity index (χ1) is 23.6. The molecule has 0 aliphatic carbocycles. The number of nitrogens with zero attached hydrogens (tertiary/aromatic N) is 5. The van der Waals surface area contributed by atoms with Gasteiger partial charge in [0, 0.05) is 42.4 Å². The van der Waals surface area contributed by atoms with Gasteiger partial charge in [-0.1, -0.05) is 31.0 Å². The van der Waals surface area contributed by atoms with Crippen molar-refractivity contribution in [3.8, 4) is 29.0 Å². The summed E-state index contributed by atoms with van der Waals surface area (Å²) >= 11 is 7.94. The largest absolute Gasteiger partial charge is 0.491 e. The second-order valence-electron chi connectivity index (χ2n) is 13.9. The third-order valence-corrected chi connectivity index (χ3v) is 12.3. The third-order valence-electron chi connectivity index (χ3n) is 11.0. The molecule has 0 spiro atoms. The number of rotatable bonds is 5. The number of nitrogen functional groups attached to an aromatic ring is 1. The minimum Gasteiger partial charge on any atom is -0.491 e. The lowest BCUT2D eigenvalue weighted by Crippen LogP contribution is -2.45. The predicted octanol–water partition coefficient (Wildman–Crippen LogP) is 8.17. The van der Waals surface area contributed by atoms with Crippen molar-refractivity contribution in [3.63, 3.8) is 0 Å². The van der Waals surface area contributed by atoms with Gasteiger partial charge in [0.15, 0.2) is 11.6 Å². The van der Waals surface area contributed by atoms with E-state index >= 15 is 8.78 Å². The number of nitriles is 1. The van der Waals surface area contributed by atoms with Crippen LogP contribution < -0.4 is 20.1 Å². The van der Waals surface area contributed by atoms with E-state index in [0.29, 0.717) is 38.3 Å². The maximum Gasteiger partial charge on any atom is 0.319 e. The molecule has 2 N–H and O–H groups in total. The SMILES string of the molecule is C[C@H]1CN2CCCC2(COc2nc3c4c(c(Cl)c(-c5ccc(F)c6sc(N)c(C#N)c56)c(F)c4n2)OCCC2C(C(F)F)CCCCN32)C1. The van der Waals surface area contributed by atoms with Gasteiger partial charge < -0.3 is 20.1 Å². The summed E-state index contributed by atoms with van der Waals surface area (Å²) in [5.74, 6) is -1.57. The first-order valence-electron chi connectivity index (χ1n) is 16.8. The molecular formula is C35H35ClF4N6O2S. The van der Waals surface area contributed by atoms with Crippen molar-refractivity contribution in [1.29, 1.82) is 5.26 Å². The number of aromatic nitrogens is 2. The van der Waals surface area contributed by atoms with Gasteiger partial charge in [0.1, 0.15) is 34.8 Å². The van der Waals surface area contributed by atoms with Gasteiger partial charge in [0.25, 0.3) is 0 Å². The fourth-order valence-electron chi connectivity index (χ4n) is 8.87. The Morgan fingerprint density at radius 1 is 1.18 bits per heavy atom. The molecule has 4 aromatic rings. The van der Waals surface area contributed by atoms with Gasteiger partial charge in [0.05, 0.1) is 32.8 Å². The number of hydrogen-bond donors (Lipinski definition) is 1. The van der Waals surface area contributed by atoms with E-state index in [1.165, 1.54) is 12.1 Å². The molecule has 4 atom stereocenters. The molecule has 4 aliphatic rings. The van der Waals surface area contributed by atoms with E-state index in [-0.39, 0.29) is 83.8 Å². The zero-order chi connectivity index (χ0) is 34.2. The molecule has 3 unspecified atom stereocenters. The van der Waals surface area contributed by atoms with Gasteiger partial charge >= 0.3 is 6.01 Å². The van der Waals surface area contributed by atoms with E-state index in [2.05, 4.69) is 16.8 Å². The molecule has 0 bridgehead atoms. The quantitative estimate of drug-likeness (QED) is 0.207. The summed E-state index contributed by atoms with van der Waals surface area (Å²) in [7, 11) is 0. The molecule has 8 rings (SSSR count). The third kappa shape index (κ3) is 5.16. The van der Waals surface area contributed by atoms with Crippen LogP contribution in [-0.2, 0) is 0 Å². The maximum absolute atomic E-state index is 17.3. The van der Waals surface area contributed by atoms with Gasteiger partial charge in [-0.2, -0.15) is 15.2 Å². The standard InChI is InChI=1S/C35H35ClF4N6O2S/c1-17-13-35(9-4-10-45(35)15-17)16-48-34-43-28-25-29(47-12-8-22-18(31(39)40)5-2-3-11-46(22)33(25)44-34)26(36)24(27(28)38)19-6-7-21(37)30-23(19)20(14-41)32(42)49-30/h6-7,17-18,22,31H,2-5,8-13,15-16,42H2,1H3/t17-,18?,22?,35?/m1/s1. The topological polar surface area (TPSA) is 101 Å². The Morgan fingerprint density at radius 2 is 2.02 bits per heavy atom. The summed E-state index contributed by atoms with van der Waals surface area (Å²) in [4.78, 5) is 13.8. The zero-order valence-electron chi connectivity index (χ0n) is 26.9. The van der Waals surface area contributed by atoms with Crippen LogP contribution in [0, 0.1) is 34.8 Å². The fraction of sp³-hybridized carbons (Fsp3) is 0.514. The molecule has 0 radical (unpaired) electrons. The van der Waals surface area contributed by atoms with Gasteiger partial charge in [-0.05, 0) is 56.2 Å². The van der Waals surface area contributed by atoms with Crippen molar-refractivity contribution >= 4 is 54.7 Å². The number of alkyl halides is 2. The van der Waals surface area contributed by atoms with Crippen molar-refractivity contribution in [1.82, 2.24) is 14.9 Å². The summed E-state index contributed by atoms with van der Waals surface area (Å²) < 4.78 is 74.1. The highest BCUT2D eigenvalue weighted by molar-refractivity contribution is 7.23.